The number of hydrogen-bond acceptors (Lipinski definition) is 4. The minimum absolute atomic E-state index is 0.234. The number of aromatic nitrogens is 1. The zero-order chi connectivity index (χ0) is 18.2. The van der Waals surface area contributed by atoms with Gasteiger partial charge in [0.2, 0.25) is 0 Å². The van der Waals surface area contributed by atoms with Crippen molar-refractivity contribution in [2.45, 2.75) is 13.5 Å². The van der Waals surface area contributed by atoms with Crippen LogP contribution in [-0.2, 0) is 6.54 Å². The highest BCUT2D eigenvalue weighted by atomic mass is 16.2. The summed E-state index contributed by atoms with van der Waals surface area (Å²) in [5.74, 6) is -0.487. The summed E-state index contributed by atoms with van der Waals surface area (Å²) in [6.45, 7) is 3.73. The van der Waals surface area contributed by atoms with Crippen molar-refractivity contribution in [1.29, 1.82) is 0 Å². The van der Waals surface area contributed by atoms with Crippen molar-refractivity contribution in [3.8, 4) is 0 Å². The van der Waals surface area contributed by atoms with Crippen molar-refractivity contribution < 1.29 is 9.59 Å². The summed E-state index contributed by atoms with van der Waals surface area (Å²) in [5.41, 5.74) is 2.94. The van der Waals surface area contributed by atoms with Gasteiger partial charge in [-0.1, -0.05) is 29.8 Å². The molecule has 0 saturated carbocycles. The molecule has 2 rings (SSSR count). The first kappa shape index (κ1) is 18.6. The van der Waals surface area contributed by atoms with Crippen LogP contribution in [0.15, 0.2) is 42.7 Å². The van der Waals surface area contributed by atoms with E-state index in [1.807, 2.05) is 50.2 Å². The van der Waals surface area contributed by atoms with Crippen LogP contribution in [0, 0.1) is 6.92 Å². The molecule has 0 aliphatic rings. The molecule has 1 aromatic heterocycles. The molecule has 2 N–H and O–H groups in total. The van der Waals surface area contributed by atoms with E-state index in [4.69, 9.17) is 0 Å². The predicted octanol–water partition coefficient (Wildman–Crippen LogP) is 1.61. The van der Waals surface area contributed by atoms with Gasteiger partial charge in [-0.05, 0) is 32.6 Å². The molecule has 6 heteroatoms. The van der Waals surface area contributed by atoms with Crippen LogP contribution in [0.25, 0.3) is 0 Å². The second-order valence-electron chi connectivity index (χ2n) is 6.19. The van der Waals surface area contributed by atoms with Crippen LogP contribution in [-0.4, -0.2) is 48.9 Å². The summed E-state index contributed by atoms with van der Waals surface area (Å²) < 4.78 is 0. The van der Waals surface area contributed by atoms with Crippen molar-refractivity contribution in [2.75, 3.05) is 27.2 Å². The average Bonchev–Trinajstić information content (AvgIpc) is 2.60. The standard InChI is InChI=1S/C19H24N4O2/c1-14-4-6-15(7-5-14)11-22-19(25)17-10-16(12-20-13-17)18(24)21-8-9-23(2)3/h4-7,10,12-13H,8-9,11H2,1-3H3,(H,21,24)(H,22,25). The molecule has 1 aromatic carbocycles. The molecule has 0 aliphatic carbocycles. The zero-order valence-electron chi connectivity index (χ0n) is 14.9. The van der Waals surface area contributed by atoms with E-state index in [0.717, 1.165) is 12.1 Å². The van der Waals surface area contributed by atoms with Crippen LogP contribution in [0.1, 0.15) is 31.8 Å². The van der Waals surface area contributed by atoms with E-state index in [1.165, 1.54) is 18.0 Å². The summed E-state index contributed by atoms with van der Waals surface area (Å²) in [5, 5.41) is 5.65. The van der Waals surface area contributed by atoms with Crippen molar-refractivity contribution in [1.82, 2.24) is 20.5 Å². The lowest BCUT2D eigenvalue weighted by molar-refractivity contribution is 0.0950. The maximum absolute atomic E-state index is 12.3. The molecule has 6 nitrogen and oxygen atoms in total. The van der Waals surface area contributed by atoms with Gasteiger partial charge in [-0.3, -0.25) is 14.6 Å². The number of nitrogens with zero attached hydrogens (tertiary/aromatic N) is 2. The van der Waals surface area contributed by atoms with E-state index in [1.54, 1.807) is 6.07 Å². The van der Waals surface area contributed by atoms with Crippen LogP contribution >= 0.6 is 0 Å². The van der Waals surface area contributed by atoms with E-state index in [-0.39, 0.29) is 11.8 Å². The topological polar surface area (TPSA) is 74.3 Å². The first-order valence-electron chi connectivity index (χ1n) is 8.17. The molecule has 0 unspecified atom stereocenters. The Morgan fingerprint density at radius 3 is 2.20 bits per heavy atom. The SMILES string of the molecule is Cc1ccc(CNC(=O)c2cncc(C(=O)NCCN(C)C)c2)cc1. The van der Waals surface area contributed by atoms with Crippen molar-refractivity contribution >= 4 is 11.8 Å². The quantitative estimate of drug-likeness (QED) is 0.803. The lowest BCUT2D eigenvalue weighted by Crippen LogP contribution is -2.31. The van der Waals surface area contributed by atoms with Gasteiger partial charge < -0.3 is 15.5 Å². The second-order valence-corrected chi connectivity index (χ2v) is 6.19. The number of benzene rings is 1. The van der Waals surface area contributed by atoms with Gasteiger partial charge in [0.25, 0.3) is 11.8 Å². The Kier molecular flexibility index (Phi) is 6.65. The molecule has 0 radical (unpaired) electrons. The number of likely N-dealkylation sites (N-methyl/N-ethyl adjacent to an activating group) is 1. The minimum atomic E-state index is -0.254. The lowest BCUT2D eigenvalue weighted by atomic mass is 10.1. The molecule has 0 spiro atoms. The molecule has 25 heavy (non-hydrogen) atoms. The molecule has 0 bridgehead atoms. The smallest absolute Gasteiger partial charge is 0.253 e. The third kappa shape index (κ3) is 6.00. The molecule has 2 aromatic rings. The molecule has 132 valence electrons. The molecule has 2 amide bonds. The molecular weight excluding hydrogens is 316 g/mol. The van der Waals surface area contributed by atoms with Gasteiger partial charge in [0.15, 0.2) is 0 Å². The van der Waals surface area contributed by atoms with Crippen molar-refractivity contribution in [3.63, 3.8) is 0 Å². The van der Waals surface area contributed by atoms with E-state index in [0.29, 0.717) is 24.2 Å². The normalized spacial score (nSPS) is 10.6. The van der Waals surface area contributed by atoms with Gasteiger partial charge in [-0.15, -0.1) is 0 Å². The number of pyridine rings is 1. The van der Waals surface area contributed by atoms with Gasteiger partial charge in [0.05, 0.1) is 11.1 Å². The number of nitrogens with one attached hydrogen (secondary N) is 2. The molecule has 0 saturated heterocycles. The Bertz CT molecular complexity index is 726. The second kappa shape index (κ2) is 8.94. The van der Waals surface area contributed by atoms with Crippen LogP contribution < -0.4 is 10.6 Å². The number of hydrogen-bond donors (Lipinski definition) is 2. The number of amides is 2. The molecular formula is C19H24N4O2. The third-order valence-electron chi connectivity index (χ3n) is 3.68. The number of aryl methyl sites for hydroxylation is 1. The van der Waals surface area contributed by atoms with Crippen molar-refractivity contribution in [3.05, 3.63) is 65.0 Å². The fourth-order valence-corrected chi connectivity index (χ4v) is 2.17. The summed E-state index contributed by atoms with van der Waals surface area (Å²) in [6.07, 6.45) is 2.92. The Labute approximate surface area is 148 Å². The van der Waals surface area contributed by atoms with E-state index in [2.05, 4.69) is 15.6 Å². The first-order valence-corrected chi connectivity index (χ1v) is 8.17. The van der Waals surface area contributed by atoms with Gasteiger partial charge in [-0.2, -0.15) is 0 Å². The Balaban J connectivity index is 1.93. The van der Waals surface area contributed by atoms with Gasteiger partial charge >= 0.3 is 0 Å². The fourth-order valence-electron chi connectivity index (χ4n) is 2.17. The summed E-state index contributed by atoms with van der Waals surface area (Å²) in [4.78, 5) is 30.4. The largest absolute Gasteiger partial charge is 0.351 e. The van der Waals surface area contributed by atoms with Crippen LogP contribution in [0.4, 0.5) is 0 Å². The maximum Gasteiger partial charge on any atom is 0.253 e. The van der Waals surface area contributed by atoms with Gasteiger partial charge in [-0.25, -0.2) is 0 Å². The Hall–Kier alpha value is -2.73. The molecule has 1 heterocycles. The lowest BCUT2D eigenvalue weighted by Gasteiger charge is -2.11. The molecule has 0 atom stereocenters. The Morgan fingerprint density at radius 1 is 1.00 bits per heavy atom. The van der Waals surface area contributed by atoms with Crippen LogP contribution in [0.2, 0.25) is 0 Å². The summed E-state index contributed by atoms with van der Waals surface area (Å²) >= 11 is 0. The maximum atomic E-state index is 12.3. The zero-order valence-corrected chi connectivity index (χ0v) is 14.9. The molecule has 0 aliphatic heterocycles. The highest BCUT2D eigenvalue weighted by Crippen LogP contribution is 2.05. The highest BCUT2D eigenvalue weighted by Gasteiger charge is 2.11. The number of carbonyl (C=O) groups excluding carboxylic acids is 2. The number of carbonyl (C=O) groups is 2. The van der Waals surface area contributed by atoms with Gasteiger partial charge in [0.1, 0.15) is 0 Å². The van der Waals surface area contributed by atoms with Gasteiger partial charge in [0, 0.05) is 32.0 Å². The summed E-state index contributed by atoms with van der Waals surface area (Å²) in [6, 6.07) is 9.51. The average molecular weight is 340 g/mol. The van der Waals surface area contributed by atoms with E-state index in [9.17, 15) is 9.59 Å². The van der Waals surface area contributed by atoms with E-state index >= 15 is 0 Å². The monoisotopic (exact) mass is 340 g/mol. The number of rotatable bonds is 7. The highest BCUT2D eigenvalue weighted by molar-refractivity contribution is 5.99. The third-order valence-corrected chi connectivity index (χ3v) is 3.68. The summed E-state index contributed by atoms with van der Waals surface area (Å²) in [7, 11) is 3.87. The van der Waals surface area contributed by atoms with E-state index < -0.39 is 0 Å². The first-order chi connectivity index (χ1) is 12.0. The minimum Gasteiger partial charge on any atom is -0.351 e. The Morgan fingerprint density at radius 2 is 1.60 bits per heavy atom. The fraction of sp³-hybridized carbons (Fsp3) is 0.316. The van der Waals surface area contributed by atoms with Crippen LogP contribution in [0.5, 0.6) is 0 Å². The van der Waals surface area contributed by atoms with Crippen LogP contribution in [0.3, 0.4) is 0 Å². The molecule has 0 fully saturated rings. The predicted molar refractivity (Wildman–Crippen MR) is 97.5 cm³/mol. The van der Waals surface area contributed by atoms with Crippen molar-refractivity contribution in [2.24, 2.45) is 0 Å².